The number of aromatic nitrogens is 3. The van der Waals surface area contributed by atoms with Gasteiger partial charge in [0.1, 0.15) is 10.7 Å². The smallest absolute Gasteiger partial charge is 0.243 e. The van der Waals surface area contributed by atoms with Gasteiger partial charge in [-0.15, -0.1) is 16.4 Å². The molecule has 1 N–H and O–H groups in total. The van der Waals surface area contributed by atoms with Crippen molar-refractivity contribution in [1.29, 1.82) is 0 Å². The van der Waals surface area contributed by atoms with Gasteiger partial charge in [-0.1, -0.05) is 36.9 Å². The molecule has 7 heteroatoms. The molecule has 3 heterocycles. The van der Waals surface area contributed by atoms with Gasteiger partial charge in [-0.05, 0) is 59.9 Å². The Morgan fingerprint density at radius 3 is 2.92 bits per heavy atom. The standard InChI is InChI=1S/C18H20Cl2N4S/c1-11-14(6-2-4-12-7-8-12)16(19)24-15(11)17(22-18(20)23-24)21-10-13-5-3-9-25-13/h3,5,9,12H,2,4,6-8,10H2,1H3,(H,21,22,23). The molecule has 1 aliphatic rings. The Hall–Kier alpha value is -1.30. The lowest BCUT2D eigenvalue weighted by Gasteiger charge is -2.07. The fraction of sp³-hybridized carbons (Fsp3) is 0.444. The summed E-state index contributed by atoms with van der Waals surface area (Å²) in [5.41, 5.74) is 3.23. The Bertz CT molecular complexity index is 884. The van der Waals surface area contributed by atoms with Gasteiger partial charge in [-0.25, -0.2) is 4.52 Å². The van der Waals surface area contributed by atoms with Crippen LogP contribution in [0.5, 0.6) is 0 Å². The number of rotatable bonds is 7. The zero-order valence-electron chi connectivity index (χ0n) is 14.1. The zero-order valence-corrected chi connectivity index (χ0v) is 16.4. The Morgan fingerprint density at radius 1 is 1.36 bits per heavy atom. The average Bonchev–Trinajstić information content (AvgIpc) is 3.20. The number of aryl methyl sites for hydroxylation is 1. The Kier molecular flexibility index (Phi) is 4.89. The van der Waals surface area contributed by atoms with Gasteiger partial charge in [0, 0.05) is 4.88 Å². The van der Waals surface area contributed by atoms with Gasteiger partial charge in [-0.2, -0.15) is 4.98 Å². The second kappa shape index (κ2) is 7.14. The molecule has 1 fully saturated rings. The summed E-state index contributed by atoms with van der Waals surface area (Å²) >= 11 is 14.5. The highest BCUT2D eigenvalue weighted by Gasteiger charge is 2.23. The van der Waals surface area contributed by atoms with E-state index in [0.29, 0.717) is 11.7 Å². The van der Waals surface area contributed by atoms with Gasteiger partial charge < -0.3 is 5.32 Å². The topological polar surface area (TPSA) is 42.2 Å². The van der Waals surface area contributed by atoms with Gasteiger partial charge in [-0.3, -0.25) is 0 Å². The van der Waals surface area contributed by atoms with E-state index >= 15 is 0 Å². The number of halogens is 2. The van der Waals surface area contributed by atoms with Crippen LogP contribution >= 0.6 is 34.5 Å². The maximum Gasteiger partial charge on any atom is 0.243 e. The predicted molar refractivity (Wildman–Crippen MR) is 105 cm³/mol. The van der Waals surface area contributed by atoms with Gasteiger partial charge in [0.25, 0.3) is 0 Å². The molecule has 0 unspecified atom stereocenters. The molecule has 0 spiro atoms. The summed E-state index contributed by atoms with van der Waals surface area (Å²) < 4.78 is 1.73. The van der Waals surface area contributed by atoms with E-state index in [4.69, 9.17) is 23.2 Å². The van der Waals surface area contributed by atoms with Crippen molar-refractivity contribution in [2.24, 2.45) is 5.92 Å². The van der Waals surface area contributed by atoms with Gasteiger partial charge in [0.05, 0.1) is 6.54 Å². The highest BCUT2D eigenvalue weighted by molar-refractivity contribution is 7.09. The van der Waals surface area contributed by atoms with E-state index in [1.807, 2.05) is 6.07 Å². The van der Waals surface area contributed by atoms with Crippen LogP contribution in [0.2, 0.25) is 10.4 Å². The minimum absolute atomic E-state index is 0.197. The first-order valence-electron chi connectivity index (χ1n) is 8.63. The highest BCUT2D eigenvalue weighted by atomic mass is 35.5. The first-order chi connectivity index (χ1) is 12.1. The molecule has 3 aromatic heterocycles. The third-order valence-corrected chi connectivity index (χ3v) is 6.24. The Morgan fingerprint density at radius 2 is 2.20 bits per heavy atom. The van der Waals surface area contributed by atoms with Crippen LogP contribution in [-0.2, 0) is 13.0 Å². The molecular weight excluding hydrogens is 375 g/mol. The average molecular weight is 395 g/mol. The largest absolute Gasteiger partial charge is 0.363 e. The SMILES string of the molecule is Cc1c(CCCC2CC2)c(Cl)n2nc(Cl)nc(NCc3cccs3)c12. The molecule has 0 radical (unpaired) electrons. The van der Waals surface area contributed by atoms with Crippen LogP contribution in [0.15, 0.2) is 17.5 Å². The van der Waals surface area contributed by atoms with Crippen LogP contribution in [0, 0.1) is 12.8 Å². The molecule has 4 rings (SSSR count). The monoisotopic (exact) mass is 394 g/mol. The minimum atomic E-state index is 0.197. The third kappa shape index (κ3) is 3.64. The molecule has 4 nitrogen and oxygen atoms in total. The molecule has 0 aromatic carbocycles. The highest BCUT2D eigenvalue weighted by Crippen LogP contribution is 2.36. The van der Waals surface area contributed by atoms with Crippen molar-refractivity contribution in [2.45, 2.75) is 45.6 Å². The number of hydrogen-bond acceptors (Lipinski definition) is 4. The summed E-state index contributed by atoms with van der Waals surface area (Å²) in [5, 5.41) is 10.6. The molecule has 132 valence electrons. The van der Waals surface area contributed by atoms with Crippen molar-refractivity contribution in [2.75, 3.05) is 5.32 Å². The first-order valence-corrected chi connectivity index (χ1v) is 10.3. The molecule has 0 atom stereocenters. The molecule has 0 saturated heterocycles. The lowest BCUT2D eigenvalue weighted by atomic mass is 10.1. The van der Waals surface area contributed by atoms with Crippen molar-refractivity contribution in [3.05, 3.63) is 44.0 Å². The van der Waals surface area contributed by atoms with Crippen molar-refractivity contribution in [3.63, 3.8) is 0 Å². The fourth-order valence-electron chi connectivity index (χ4n) is 3.28. The van der Waals surface area contributed by atoms with Crippen molar-refractivity contribution in [1.82, 2.24) is 14.6 Å². The molecular formula is C18H20Cl2N4S. The van der Waals surface area contributed by atoms with Crippen LogP contribution in [0.25, 0.3) is 5.52 Å². The van der Waals surface area contributed by atoms with Crippen LogP contribution in [-0.4, -0.2) is 14.6 Å². The summed E-state index contributed by atoms with van der Waals surface area (Å²) in [7, 11) is 0. The van der Waals surface area contributed by atoms with Crippen LogP contribution in [0.1, 0.15) is 41.7 Å². The Balaban J connectivity index is 1.64. The summed E-state index contributed by atoms with van der Waals surface area (Å²) in [6.07, 6.45) is 6.22. The fourth-order valence-corrected chi connectivity index (χ4v) is 4.44. The molecule has 3 aromatic rings. The minimum Gasteiger partial charge on any atom is -0.363 e. The number of thiophene rings is 1. The summed E-state index contributed by atoms with van der Waals surface area (Å²) in [6.45, 7) is 2.81. The summed E-state index contributed by atoms with van der Waals surface area (Å²) in [6, 6.07) is 4.14. The van der Waals surface area contributed by atoms with Crippen molar-refractivity contribution < 1.29 is 0 Å². The van der Waals surface area contributed by atoms with E-state index < -0.39 is 0 Å². The van der Waals surface area contributed by atoms with E-state index in [1.54, 1.807) is 15.9 Å². The van der Waals surface area contributed by atoms with E-state index in [0.717, 1.165) is 34.8 Å². The quantitative estimate of drug-likeness (QED) is 0.554. The zero-order chi connectivity index (χ0) is 17.4. The lowest BCUT2D eigenvalue weighted by Crippen LogP contribution is -2.05. The third-order valence-electron chi connectivity index (χ3n) is 4.81. The molecule has 1 saturated carbocycles. The molecule has 25 heavy (non-hydrogen) atoms. The number of fused-ring (bicyclic) bond motifs is 1. The number of anilines is 1. The van der Waals surface area contributed by atoms with Gasteiger partial charge >= 0.3 is 0 Å². The number of hydrogen-bond donors (Lipinski definition) is 1. The molecule has 0 amide bonds. The van der Waals surface area contributed by atoms with Gasteiger partial charge in [0.2, 0.25) is 5.28 Å². The molecule has 0 aliphatic heterocycles. The molecule has 0 bridgehead atoms. The first kappa shape index (κ1) is 17.1. The summed E-state index contributed by atoms with van der Waals surface area (Å²) in [5.74, 6) is 1.68. The van der Waals surface area contributed by atoms with E-state index in [2.05, 4.69) is 33.8 Å². The van der Waals surface area contributed by atoms with E-state index in [9.17, 15) is 0 Å². The number of nitrogens with one attached hydrogen (secondary N) is 1. The van der Waals surface area contributed by atoms with E-state index in [-0.39, 0.29) is 5.28 Å². The van der Waals surface area contributed by atoms with Crippen molar-refractivity contribution >= 4 is 45.9 Å². The normalized spacial score (nSPS) is 14.4. The van der Waals surface area contributed by atoms with Gasteiger partial charge in [0.15, 0.2) is 5.82 Å². The molecule has 1 aliphatic carbocycles. The lowest BCUT2D eigenvalue weighted by molar-refractivity contribution is 0.665. The van der Waals surface area contributed by atoms with Crippen LogP contribution in [0.4, 0.5) is 5.82 Å². The maximum atomic E-state index is 6.63. The van der Waals surface area contributed by atoms with E-state index in [1.165, 1.54) is 30.6 Å². The second-order valence-electron chi connectivity index (χ2n) is 6.65. The number of nitrogens with zero attached hydrogens (tertiary/aromatic N) is 3. The summed E-state index contributed by atoms with van der Waals surface area (Å²) in [4.78, 5) is 5.65. The second-order valence-corrected chi connectivity index (χ2v) is 8.38. The van der Waals surface area contributed by atoms with Crippen LogP contribution < -0.4 is 5.32 Å². The van der Waals surface area contributed by atoms with Crippen molar-refractivity contribution in [3.8, 4) is 0 Å². The maximum absolute atomic E-state index is 6.63. The predicted octanol–water partition coefficient (Wildman–Crippen LogP) is 5.75. The Labute approximate surface area is 161 Å². The van der Waals surface area contributed by atoms with Crippen LogP contribution in [0.3, 0.4) is 0 Å².